The first-order chi connectivity index (χ1) is 19.8. The van der Waals surface area contributed by atoms with Gasteiger partial charge < -0.3 is 0 Å². The van der Waals surface area contributed by atoms with Crippen molar-refractivity contribution in [2.24, 2.45) is 0 Å². The highest BCUT2D eigenvalue weighted by Crippen LogP contribution is 2.34. The van der Waals surface area contributed by atoms with E-state index in [9.17, 15) is 0 Å². The zero-order chi connectivity index (χ0) is 27.0. The predicted octanol–water partition coefficient (Wildman–Crippen LogP) is 5.23. The van der Waals surface area contributed by atoms with Crippen LogP contribution in [0.5, 0.6) is 0 Å². The number of aromatic nitrogens is 8. The summed E-state index contributed by atoms with van der Waals surface area (Å²) in [5.74, 6) is 3.64. The molecule has 0 aromatic carbocycles. The Balaban J connectivity index is 1.52. The van der Waals surface area contributed by atoms with Gasteiger partial charge in [0.25, 0.3) is 0 Å². The molecule has 6 heterocycles. The molecule has 0 unspecified atom stereocenters. The van der Waals surface area contributed by atoms with E-state index in [2.05, 4.69) is 35.8 Å². The Labute approximate surface area is 229 Å². The topological polar surface area (TPSA) is 134 Å². The molecule has 0 saturated heterocycles. The van der Waals surface area contributed by atoms with E-state index >= 15 is 0 Å². The Bertz CT molecular complexity index is 1460. The maximum absolute atomic E-state index is 4.88. The van der Waals surface area contributed by atoms with E-state index in [1.165, 1.54) is 0 Å². The molecule has 0 aliphatic rings. The first-order valence-corrected chi connectivity index (χ1v) is 12.3. The average molecular weight is 527 g/mol. The molecule has 194 valence electrons. The van der Waals surface area contributed by atoms with Crippen LogP contribution in [-0.2, 0) is 0 Å². The second-order valence-corrected chi connectivity index (χ2v) is 8.15. The van der Waals surface area contributed by atoms with Crippen LogP contribution in [0.15, 0.2) is 122 Å². The van der Waals surface area contributed by atoms with Crippen LogP contribution in [0.25, 0.3) is 0 Å². The largest absolute Gasteiger partial charge is 0.282 e. The minimum absolute atomic E-state index is 0.222. The van der Waals surface area contributed by atoms with E-state index in [1.54, 1.807) is 40.8 Å². The highest BCUT2D eigenvalue weighted by molar-refractivity contribution is 5.72. The van der Waals surface area contributed by atoms with Crippen LogP contribution in [-0.4, -0.2) is 39.9 Å². The van der Waals surface area contributed by atoms with Crippen molar-refractivity contribution in [3.63, 3.8) is 0 Å². The summed E-state index contributed by atoms with van der Waals surface area (Å²) >= 11 is 0. The Hall–Kier alpha value is -6.04. The molecule has 0 aliphatic heterocycles. The molecule has 40 heavy (non-hydrogen) atoms. The maximum Gasteiger partial charge on any atom is 0.248 e. The lowest BCUT2D eigenvalue weighted by atomic mass is 10.3. The van der Waals surface area contributed by atoms with E-state index in [1.807, 2.05) is 91.0 Å². The van der Waals surface area contributed by atoms with Gasteiger partial charge >= 0.3 is 0 Å². The van der Waals surface area contributed by atoms with Crippen molar-refractivity contribution in [1.29, 1.82) is 0 Å². The van der Waals surface area contributed by atoms with Crippen molar-refractivity contribution in [3.05, 3.63) is 122 Å². The molecule has 6 aromatic rings. The summed E-state index contributed by atoms with van der Waals surface area (Å²) < 4.78 is 0. The first kappa shape index (κ1) is 24.3. The molecule has 12 heteroatoms. The fraction of sp³-hybridized carbons (Fsp3) is 0. The van der Waals surface area contributed by atoms with Crippen LogP contribution in [0, 0.1) is 0 Å². The lowest BCUT2D eigenvalue weighted by molar-refractivity contribution is 0.949. The van der Waals surface area contributed by atoms with E-state index < -0.39 is 0 Å². The van der Waals surface area contributed by atoms with Crippen LogP contribution in [0.4, 0.5) is 46.9 Å². The van der Waals surface area contributed by atoms with Crippen LogP contribution in [0.2, 0.25) is 0 Å². The molecule has 0 radical (unpaired) electrons. The molecular formula is C28H22N12. The molecule has 2 N–H and O–H groups in total. The number of rotatable bonds is 9. The van der Waals surface area contributed by atoms with Gasteiger partial charge in [-0.15, -0.1) is 0 Å². The zero-order valence-corrected chi connectivity index (χ0v) is 21.0. The summed E-state index contributed by atoms with van der Waals surface area (Å²) in [5, 5.41) is 0. The quantitative estimate of drug-likeness (QED) is 0.239. The van der Waals surface area contributed by atoms with Crippen molar-refractivity contribution < 1.29 is 0 Å². The minimum atomic E-state index is 0.222. The number of anilines is 8. The van der Waals surface area contributed by atoms with Gasteiger partial charge in [-0.25, -0.2) is 34.7 Å². The Morgan fingerprint density at radius 1 is 0.400 bits per heavy atom. The number of hydrogen-bond donors (Lipinski definition) is 2. The second kappa shape index (κ2) is 11.6. The molecule has 0 aliphatic carbocycles. The number of nitrogens with one attached hydrogen (secondary N) is 2. The summed E-state index contributed by atoms with van der Waals surface area (Å²) in [6.45, 7) is 0. The molecule has 0 bridgehead atoms. The lowest BCUT2D eigenvalue weighted by Crippen LogP contribution is -2.23. The zero-order valence-electron chi connectivity index (χ0n) is 21.0. The number of pyridine rings is 5. The number of hydrazine groups is 1. The highest BCUT2D eigenvalue weighted by atomic mass is 15.5. The van der Waals surface area contributed by atoms with Crippen molar-refractivity contribution in [2.45, 2.75) is 0 Å². The molecule has 0 atom stereocenters. The van der Waals surface area contributed by atoms with Gasteiger partial charge in [-0.3, -0.25) is 10.9 Å². The standard InChI is InChI=1S/C28H22N12/c1-6-16-29-21(11-1)37-38-26-34-27(39(22-12-2-7-17-30-22)23-13-3-8-18-31-23)36-28(35-26)40(24-14-4-9-19-32-24)25-15-5-10-20-33-25/h1-20H,(H,29,37)(H,34,35,36,38). The van der Waals surface area contributed by atoms with E-state index in [4.69, 9.17) is 15.0 Å². The first-order valence-electron chi connectivity index (χ1n) is 12.3. The second-order valence-electron chi connectivity index (χ2n) is 8.15. The van der Waals surface area contributed by atoms with Gasteiger partial charge in [0.1, 0.15) is 29.1 Å². The fourth-order valence-corrected chi connectivity index (χ4v) is 3.76. The summed E-state index contributed by atoms with van der Waals surface area (Å²) in [6.07, 6.45) is 8.47. The van der Waals surface area contributed by atoms with Crippen molar-refractivity contribution in [2.75, 3.05) is 20.7 Å². The van der Waals surface area contributed by atoms with Gasteiger partial charge in [-0.1, -0.05) is 30.3 Å². The monoisotopic (exact) mass is 526 g/mol. The summed E-state index contributed by atoms with van der Waals surface area (Å²) in [4.78, 5) is 40.3. The molecule has 0 saturated carbocycles. The third-order valence-corrected chi connectivity index (χ3v) is 5.49. The highest BCUT2D eigenvalue weighted by Gasteiger charge is 2.24. The van der Waals surface area contributed by atoms with Crippen molar-refractivity contribution in [1.82, 2.24) is 39.9 Å². The average Bonchev–Trinajstić information content (AvgIpc) is 3.03. The van der Waals surface area contributed by atoms with Crippen LogP contribution in [0.3, 0.4) is 0 Å². The smallest absolute Gasteiger partial charge is 0.248 e. The molecular weight excluding hydrogens is 504 g/mol. The predicted molar refractivity (Wildman–Crippen MR) is 152 cm³/mol. The van der Waals surface area contributed by atoms with E-state index in [-0.39, 0.29) is 17.8 Å². The van der Waals surface area contributed by atoms with Gasteiger partial charge in [0.15, 0.2) is 0 Å². The lowest BCUT2D eigenvalue weighted by Gasteiger charge is -2.25. The molecule has 12 nitrogen and oxygen atoms in total. The third-order valence-electron chi connectivity index (χ3n) is 5.49. The molecule has 0 amide bonds. The summed E-state index contributed by atoms with van der Waals surface area (Å²) in [6, 6.07) is 27.8. The number of nitrogens with zero attached hydrogens (tertiary/aromatic N) is 10. The summed E-state index contributed by atoms with van der Waals surface area (Å²) in [7, 11) is 0. The van der Waals surface area contributed by atoms with Gasteiger partial charge in [0.05, 0.1) is 0 Å². The number of hydrogen-bond acceptors (Lipinski definition) is 12. The van der Waals surface area contributed by atoms with Gasteiger partial charge in [0, 0.05) is 31.0 Å². The van der Waals surface area contributed by atoms with Gasteiger partial charge in [0.2, 0.25) is 17.8 Å². The normalized spacial score (nSPS) is 10.5. The van der Waals surface area contributed by atoms with Gasteiger partial charge in [-0.2, -0.15) is 15.0 Å². The SMILES string of the molecule is c1ccc(NNc2nc(N(c3ccccn3)c3ccccn3)nc(N(c3ccccn3)c3ccccn3)n2)nc1. The molecule has 6 rings (SSSR count). The van der Waals surface area contributed by atoms with E-state index in [0.29, 0.717) is 29.1 Å². The molecule has 0 fully saturated rings. The van der Waals surface area contributed by atoms with Crippen LogP contribution >= 0.6 is 0 Å². The third kappa shape index (κ3) is 5.45. The maximum atomic E-state index is 4.88. The van der Waals surface area contributed by atoms with Crippen LogP contribution < -0.4 is 20.7 Å². The molecule has 6 aromatic heterocycles. The molecule has 0 spiro atoms. The Kier molecular flexibility index (Phi) is 7.03. The van der Waals surface area contributed by atoms with Crippen molar-refractivity contribution >= 4 is 46.9 Å². The Morgan fingerprint density at radius 3 is 1.15 bits per heavy atom. The fourth-order valence-electron chi connectivity index (χ4n) is 3.76. The minimum Gasteiger partial charge on any atom is -0.282 e. The summed E-state index contributed by atoms with van der Waals surface area (Å²) in [5.41, 5.74) is 6.09. The van der Waals surface area contributed by atoms with Gasteiger partial charge in [-0.05, 0) is 60.7 Å². The van der Waals surface area contributed by atoms with E-state index in [0.717, 1.165) is 0 Å². The van der Waals surface area contributed by atoms with Crippen LogP contribution in [0.1, 0.15) is 0 Å². The van der Waals surface area contributed by atoms with Crippen molar-refractivity contribution in [3.8, 4) is 0 Å². The Morgan fingerprint density at radius 2 is 0.800 bits per heavy atom.